The molecule has 2 aromatic heterocycles. The lowest BCUT2D eigenvalue weighted by molar-refractivity contribution is 0.329. The summed E-state index contributed by atoms with van der Waals surface area (Å²) in [5.74, 6) is -0.317. The fourth-order valence-electron chi connectivity index (χ4n) is 4.17. The number of sulfonamides is 1. The Balaban J connectivity index is 1.30. The topological polar surface area (TPSA) is 106 Å². The number of nitrogens with one attached hydrogen (secondary N) is 1. The number of benzene rings is 2. The quantitative estimate of drug-likeness (QED) is 0.424. The molecule has 1 saturated heterocycles. The molecule has 4 aromatic rings. The molecule has 0 saturated carbocycles. The first-order valence-electron chi connectivity index (χ1n) is 11.4. The third-order valence-electron chi connectivity index (χ3n) is 6.14. The van der Waals surface area contributed by atoms with Gasteiger partial charge in [0.25, 0.3) is 5.56 Å². The Labute approximate surface area is 207 Å². The van der Waals surface area contributed by atoms with E-state index in [1.807, 2.05) is 0 Å². The largest absolute Gasteiger partial charge is 0.448 e. The predicted octanol–water partition coefficient (Wildman–Crippen LogP) is 3.53. The van der Waals surface area contributed by atoms with Crippen molar-refractivity contribution < 1.29 is 17.5 Å². The Bertz CT molecular complexity index is 1570. The monoisotopic (exact) mass is 509 g/mol. The van der Waals surface area contributed by atoms with Crippen LogP contribution >= 0.6 is 0 Å². The summed E-state index contributed by atoms with van der Waals surface area (Å²) in [6.07, 6.45) is 2.73. The molecule has 0 unspecified atom stereocenters. The first-order valence-corrected chi connectivity index (χ1v) is 12.9. The van der Waals surface area contributed by atoms with Gasteiger partial charge in [-0.2, -0.15) is 9.29 Å². The van der Waals surface area contributed by atoms with E-state index in [1.54, 1.807) is 49.6 Å². The van der Waals surface area contributed by atoms with Crippen molar-refractivity contribution >= 4 is 27.0 Å². The lowest BCUT2D eigenvalue weighted by Gasteiger charge is -2.31. The molecule has 0 aliphatic carbocycles. The molecule has 186 valence electrons. The first kappa shape index (κ1) is 23.9. The molecule has 9 nitrogen and oxygen atoms in total. The SMILES string of the molecule is Cn1c(=O)c(Oc2ccccc2F)cc2cnc(NC3CCN(S(=O)(=O)c4ccccc4)CC3)nc21. The molecular weight excluding hydrogens is 485 g/mol. The van der Waals surface area contributed by atoms with E-state index in [-0.39, 0.29) is 22.4 Å². The number of fused-ring (bicyclic) bond motifs is 1. The third-order valence-corrected chi connectivity index (χ3v) is 8.05. The van der Waals surface area contributed by atoms with Gasteiger partial charge in [-0.05, 0) is 43.2 Å². The number of halogens is 1. The maximum atomic E-state index is 14.0. The molecule has 36 heavy (non-hydrogen) atoms. The van der Waals surface area contributed by atoms with Crippen molar-refractivity contribution in [2.45, 2.75) is 23.8 Å². The lowest BCUT2D eigenvalue weighted by atomic mass is 10.1. The molecule has 3 heterocycles. The van der Waals surface area contributed by atoms with E-state index < -0.39 is 21.4 Å². The molecule has 2 aromatic carbocycles. The van der Waals surface area contributed by atoms with Crippen LogP contribution in [0.5, 0.6) is 11.5 Å². The number of nitrogens with zero attached hydrogens (tertiary/aromatic N) is 4. The smallest absolute Gasteiger partial charge is 0.294 e. The van der Waals surface area contributed by atoms with Crippen molar-refractivity contribution in [2.24, 2.45) is 7.05 Å². The standard InChI is InChI=1S/C25H24FN5O4S/c1-30-23-17(15-22(24(30)32)35-21-10-6-5-9-20(21)26)16-27-25(29-23)28-18-11-13-31(14-12-18)36(33,34)19-7-3-2-4-8-19/h2-10,15-16,18H,11-14H2,1H3,(H,27,28,29). The van der Waals surface area contributed by atoms with Crippen LogP contribution in [0.1, 0.15) is 12.8 Å². The van der Waals surface area contributed by atoms with E-state index in [0.29, 0.717) is 42.9 Å². The van der Waals surface area contributed by atoms with Gasteiger partial charge in [0.1, 0.15) is 5.65 Å². The minimum Gasteiger partial charge on any atom is -0.448 e. The number of aromatic nitrogens is 3. The van der Waals surface area contributed by atoms with Gasteiger partial charge in [-0.15, -0.1) is 0 Å². The van der Waals surface area contributed by atoms with Crippen LogP contribution in [0, 0.1) is 5.82 Å². The molecule has 5 rings (SSSR count). The second-order valence-corrected chi connectivity index (χ2v) is 10.5. The molecule has 1 N–H and O–H groups in total. The van der Waals surface area contributed by atoms with Gasteiger partial charge < -0.3 is 10.1 Å². The van der Waals surface area contributed by atoms with Gasteiger partial charge in [0.2, 0.25) is 16.0 Å². The zero-order valence-corrected chi connectivity index (χ0v) is 20.3. The second-order valence-electron chi connectivity index (χ2n) is 8.51. The van der Waals surface area contributed by atoms with Crippen molar-refractivity contribution in [1.29, 1.82) is 0 Å². The Morgan fingerprint density at radius 3 is 2.44 bits per heavy atom. The molecule has 0 amide bonds. The molecule has 1 aliphatic rings. The number of ether oxygens (including phenoxy) is 1. The van der Waals surface area contributed by atoms with Crippen LogP contribution in [0.2, 0.25) is 0 Å². The summed E-state index contributed by atoms with van der Waals surface area (Å²) in [6, 6.07) is 15.7. The Hall–Kier alpha value is -3.83. The van der Waals surface area contributed by atoms with Crippen molar-refractivity contribution in [2.75, 3.05) is 18.4 Å². The number of rotatable bonds is 6. The maximum Gasteiger partial charge on any atom is 0.294 e. The van der Waals surface area contributed by atoms with E-state index in [4.69, 9.17) is 4.74 Å². The summed E-state index contributed by atoms with van der Waals surface area (Å²) in [7, 11) is -1.97. The summed E-state index contributed by atoms with van der Waals surface area (Å²) in [6.45, 7) is 0.745. The fourth-order valence-corrected chi connectivity index (χ4v) is 5.66. The molecule has 1 fully saturated rings. The minimum absolute atomic E-state index is 0.0228. The van der Waals surface area contributed by atoms with Gasteiger partial charge in [0.15, 0.2) is 17.3 Å². The minimum atomic E-state index is -3.53. The summed E-state index contributed by atoms with van der Waals surface area (Å²) in [5.41, 5.74) is -0.0719. The molecule has 1 aliphatic heterocycles. The van der Waals surface area contributed by atoms with Crippen LogP contribution in [0.3, 0.4) is 0 Å². The summed E-state index contributed by atoms with van der Waals surface area (Å²) >= 11 is 0. The van der Waals surface area contributed by atoms with Crippen molar-refractivity contribution in [3.63, 3.8) is 0 Å². The molecule has 0 atom stereocenters. The maximum absolute atomic E-state index is 14.0. The zero-order chi connectivity index (χ0) is 25.3. The summed E-state index contributed by atoms with van der Waals surface area (Å²) < 4.78 is 48.0. The van der Waals surface area contributed by atoms with Crippen LogP contribution in [0.15, 0.2) is 76.6 Å². The molecule has 0 radical (unpaired) electrons. The number of anilines is 1. The van der Waals surface area contributed by atoms with Gasteiger partial charge in [0.05, 0.1) is 4.90 Å². The third kappa shape index (κ3) is 4.67. The number of hydrogen-bond acceptors (Lipinski definition) is 7. The zero-order valence-electron chi connectivity index (χ0n) is 19.5. The van der Waals surface area contributed by atoms with Gasteiger partial charge in [-0.3, -0.25) is 9.36 Å². The number of aryl methyl sites for hydroxylation is 1. The van der Waals surface area contributed by atoms with Crippen LogP contribution in [-0.4, -0.2) is 46.4 Å². The Kier molecular flexibility index (Phi) is 6.42. The van der Waals surface area contributed by atoms with E-state index in [2.05, 4.69) is 15.3 Å². The summed E-state index contributed by atoms with van der Waals surface area (Å²) in [5, 5.41) is 3.81. The lowest BCUT2D eigenvalue weighted by Crippen LogP contribution is -2.42. The fraction of sp³-hybridized carbons (Fsp3) is 0.240. The molecule has 11 heteroatoms. The van der Waals surface area contributed by atoms with E-state index in [9.17, 15) is 17.6 Å². The Morgan fingerprint density at radius 1 is 1.03 bits per heavy atom. The van der Waals surface area contributed by atoms with Gasteiger partial charge in [-0.25, -0.2) is 17.8 Å². The van der Waals surface area contributed by atoms with Crippen LogP contribution in [0.4, 0.5) is 10.3 Å². The second kappa shape index (κ2) is 9.67. The molecular formula is C25H24FN5O4S. The normalized spacial score (nSPS) is 15.2. The number of pyridine rings is 1. The summed E-state index contributed by atoms with van der Waals surface area (Å²) in [4.78, 5) is 21.9. The number of hydrogen-bond donors (Lipinski definition) is 1. The van der Waals surface area contributed by atoms with Crippen LogP contribution < -0.4 is 15.6 Å². The van der Waals surface area contributed by atoms with E-state index in [0.717, 1.165) is 0 Å². The first-order chi connectivity index (χ1) is 17.3. The average Bonchev–Trinajstić information content (AvgIpc) is 2.89. The highest BCUT2D eigenvalue weighted by molar-refractivity contribution is 7.89. The van der Waals surface area contributed by atoms with Crippen LogP contribution in [0.25, 0.3) is 11.0 Å². The van der Waals surface area contributed by atoms with Gasteiger partial charge >= 0.3 is 0 Å². The molecule has 0 spiro atoms. The highest BCUT2D eigenvalue weighted by atomic mass is 32.2. The van der Waals surface area contributed by atoms with Crippen molar-refractivity contribution in [3.05, 3.63) is 83.0 Å². The highest BCUT2D eigenvalue weighted by Crippen LogP contribution is 2.25. The Morgan fingerprint density at radius 2 is 1.72 bits per heavy atom. The number of piperidine rings is 1. The van der Waals surface area contributed by atoms with Crippen molar-refractivity contribution in [1.82, 2.24) is 18.8 Å². The average molecular weight is 510 g/mol. The van der Waals surface area contributed by atoms with Crippen molar-refractivity contribution in [3.8, 4) is 11.5 Å². The highest BCUT2D eigenvalue weighted by Gasteiger charge is 2.29. The molecule has 0 bridgehead atoms. The van der Waals surface area contributed by atoms with Gasteiger partial charge in [0, 0.05) is 37.8 Å². The number of para-hydroxylation sites is 1. The van der Waals surface area contributed by atoms with E-state index >= 15 is 0 Å². The predicted molar refractivity (Wildman–Crippen MR) is 133 cm³/mol. The van der Waals surface area contributed by atoms with Crippen LogP contribution in [-0.2, 0) is 17.1 Å². The van der Waals surface area contributed by atoms with Gasteiger partial charge in [-0.1, -0.05) is 30.3 Å². The van der Waals surface area contributed by atoms with E-state index in [1.165, 1.54) is 33.1 Å².